The molecule has 0 fully saturated rings. The minimum absolute atomic E-state index is 0.157. The van der Waals surface area contributed by atoms with E-state index in [4.69, 9.17) is 5.73 Å². The Labute approximate surface area is 98.6 Å². The van der Waals surface area contributed by atoms with E-state index >= 15 is 0 Å². The first-order valence-electron chi connectivity index (χ1n) is 5.36. The highest BCUT2D eigenvalue weighted by Gasteiger charge is 2.16. The number of amides is 2. The zero-order chi connectivity index (χ0) is 12.3. The van der Waals surface area contributed by atoms with Crippen LogP contribution in [0.2, 0.25) is 0 Å². The number of anilines is 2. The first kappa shape index (κ1) is 11.3. The molecule has 0 radical (unpaired) electrons. The van der Waals surface area contributed by atoms with Gasteiger partial charge in [0, 0.05) is 13.1 Å². The Kier molecular flexibility index (Phi) is 3.13. The number of fused-ring (bicyclic) bond motifs is 1. The molecule has 0 saturated carbocycles. The Hall–Kier alpha value is -2.24. The van der Waals surface area contributed by atoms with Crippen LogP contribution in [0.25, 0.3) is 0 Å². The van der Waals surface area contributed by atoms with E-state index in [1.165, 1.54) is 0 Å². The van der Waals surface area contributed by atoms with Crippen molar-refractivity contribution in [1.82, 2.24) is 5.32 Å². The van der Waals surface area contributed by atoms with Crippen LogP contribution in [-0.4, -0.2) is 31.4 Å². The van der Waals surface area contributed by atoms with Gasteiger partial charge in [0.15, 0.2) is 0 Å². The fraction of sp³-hybridized carbons (Fsp3) is 0.273. The molecular formula is C11H14N4O2. The molecule has 0 atom stereocenters. The molecule has 1 aliphatic heterocycles. The summed E-state index contributed by atoms with van der Waals surface area (Å²) in [4.78, 5) is 22.4. The van der Waals surface area contributed by atoms with Crippen LogP contribution in [0.3, 0.4) is 0 Å². The Balaban J connectivity index is 2.20. The van der Waals surface area contributed by atoms with E-state index in [0.29, 0.717) is 5.56 Å². The largest absolute Gasteiger partial charge is 0.382 e. The number of nitrogens with one attached hydrogen (secondary N) is 3. The molecule has 0 unspecified atom stereocenters. The van der Waals surface area contributed by atoms with Crippen LogP contribution in [0.4, 0.5) is 11.4 Å². The number of carbonyl (C=O) groups excluding carboxylic acids is 2. The van der Waals surface area contributed by atoms with Crippen LogP contribution in [0.15, 0.2) is 18.2 Å². The third-order valence-corrected chi connectivity index (χ3v) is 2.47. The molecule has 1 aliphatic rings. The van der Waals surface area contributed by atoms with E-state index in [1.807, 2.05) is 6.07 Å². The quantitative estimate of drug-likeness (QED) is 0.579. The summed E-state index contributed by atoms with van der Waals surface area (Å²) in [6.45, 7) is 1.42. The maximum absolute atomic E-state index is 11.8. The molecule has 0 spiro atoms. The van der Waals surface area contributed by atoms with Crippen molar-refractivity contribution in [2.24, 2.45) is 5.73 Å². The van der Waals surface area contributed by atoms with Crippen molar-refractivity contribution >= 4 is 23.2 Å². The third kappa shape index (κ3) is 2.47. The molecule has 0 saturated heterocycles. The van der Waals surface area contributed by atoms with Gasteiger partial charge in [-0.1, -0.05) is 6.07 Å². The summed E-state index contributed by atoms with van der Waals surface area (Å²) in [6, 6.07) is 5.39. The van der Waals surface area contributed by atoms with E-state index in [2.05, 4.69) is 16.0 Å². The number of para-hydroxylation sites is 1. The average molecular weight is 234 g/mol. The highest BCUT2D eigenvalue weighted by Crippen LogP contribution is 2.27. The van der Waals surface area contributed by atoms with Crippen molar-refractivity contribution in [3.8, 4) is 0 Å². The van der Waals surface area contributed by atoms with Gasteiger partial charge in [-0.05, 0) is 12.1 Å². The molecule has 2 rings (SSSR count). The number of rotatable bonds is 3. The van der Waals surface area contributed by atoms with Crippen LogP contribution >= 0.6 is 0 Å². The topological polar surface area (TPSA) is 96.2 Å². The lowest BCUT2D eigenvalue weighted by Crippen LogP contribution is -2.34. The summed E-state index contributed by atoms with van der Waals surface area (Å²) in [5.41, 5.74) is 7.14. The lowest BCUT2D eigenvalue weighted by molar-refractivity contribution is -0.117. The molecular weight excluding hydrogens is 220 g/mol. The van der Waals surface area contributed by atoms with Crippen molar-refractivity contribution in [3.63, 3.8) is 0 Å². The summed E-state index contributed by atoms with van der Waals surface area (Å²) < 4.78 is 0. The second-order valence-corrected chi connectivity index (χ2v) is 3.73. The number of nitrogens with two attached hydrogens (primary N) is 1. The van der Waals surface area contributed by atoms with Crippen LogP contribution < -0.4 is 21.7 Å². The number of carbonyl (C=O) groups is 2. The normalized spacial score (nSPS) is 12.9. The van der Waals surface area contributed by atoms with Gasteiger partial charge in [-0.3, -0.25) is 9.59 Å². The number of hydrogen-bond donors (Lipinski definition) is 4. The third-order valence-electron chi connectivity index (χ3n) is 2.47. The second-order valence-electron chi connectivity index (χ2n) is 3.73. The highest BCUT2D eigenvalue weighted by molar-refractivity contribution is 6.03. The smallest absolute Gasteiger partial charge is 0.253 e. The first-order chi connectivity index (χ1) is 8.18. The van der Waals surface area contributed by atoms with Crippen molar-refractivity contribution in [2.45, 2.75) is 0 Å². The van der Waals surface area contributed by atoms with E-state index in [1.54, 1.807) is 12.1 Å². The van der Waals surface area contributed by atoms with Gasteiger partial charge in [0.05, 0.1) is 23.5 Å². The standard InChI is InChI=1S/C11H14N4O2/c12-9(16)6-15-11(17)7-2-1-3-8-10(7)14-5-4-13-8/h1-3,13-14H,4-6H2,(H2,12,16)(H,15,17). The summed E-state index contributed by atoms with van der Waals surface area (Å²) in [6.07, 6.45) is 0. The van der Waals surface area contributed by atoms with Crippen molar-refractivity contribution < 1.29 is 9.59 Å². The molecule has 17 heavy (non-hydrogen) atoms. The van der Waals surface area contributed by atoms with Gasteiger partial charge < -0.3 is 21.7 Å². The van der Waals surface area contributed by atoms with E-state index in [0.717, 1.165) is 24.5 Å². The predicted octanol–water partition coefficient (Wildman–Crippen LogP) is -0.261. The minimum Gasteiger partial charge on any atom is -0.382 e. The molecule has 0 bridgehead atoms. The number of primary amides is 1. The molecule has 1 heterocycles. The van der Waals surface area contributed by atoms with Crippen LogP contribution in [0.5, 0.6) is 0 Å². The van der Waals surface area contributed by atoms with Crippen LogP contribution in [0.1, 0.15) is 10.4 Å². The van der Waals surface area contributed by atoms with E-state index in [9.17, 15) is 9.59 Å². The molecule has 1 aromatic rings. The fourth-order valence-corrected chi connectivity index (χ4v) is 1.73. The van der Waals surface area contributed by atoms with E-state index < -0.39 is 5.91 Å². The first-order valence-corrected chi connectivity index (χ1v) is 5.36. The van der Waals surface area contributed by atoms with Gasteiger partial charge in [-0.25, -0.2) is 0 Å². The lowest BCUT2D eigenvalue weighted by Gasteiger charge is -2.22. The predicted molar refractivity (Wildman–Crippen MR) is 64.9 cm³/mol. The molecule has 90 valence electrons. The monoisotopic (exact) mass is 234 g/mol. The molecule has 0 aromatic heterocycles. The molecule has 0 aliphatic carbocycles. The Bertz CT molecular complexity index is 459. The summed E-state index contributed by atoms with van der Waals surface area (Å²) in [5.74, 6) is -0.869. The average Bonchev–Trinajstić information content (AvgIpc) is 2.35. The maximum atomic E-state index is 11.8. The van der Waals surface area contributed by atoms with Gasteiger partial charge in [-0.2, -0.15) is 0 Å². The summed E-state index contributed by atoms with van der Waals surface area (Å²) in [7, 11) is 0. The van der Waals surface area contributed by atoms with Crippen molar-refractivity contribution in [2.75, 3.05) is 30.3 Å². The second kappa shape index (κ2) is 4.73. The number of hydrogen-bond acceptors (Lipinski definition) is 4. The zero-order valence-corrected chi connectivity index (χ0v) is 9.25. The highest BCUT2D eigenvalue weighted by atomic mass is 16.2. The zero-order valence-electron chi connectivity index (χ0n) is 9.25. The van der Waals surface area contributed by atoms with Crippen LogP contribution in [-0.2, 0) is 4.79 Å². The Morgan fingerprint density at radius 2 is 2.06 bits per heavy atom. The fourth-order valence-electron chi connectivity index (χ4n) is 1.73. The minimum atomic E-state index is -0.561. The molecule has 6 heteroatoms. The van der Waals surface area contributed by atoms with Crippen molar-refractivity contribution in [1.29, 1.82) is 0 Å². The molecule has 1 aromatic carbocycles. The van der Waals surface area contributed by atoms with Gasteiger partial charge >= 0.3 is 0 Å². The number of benzene rings is 1. The SMILES string of the molecule is NC(=O)CNC(=O)c1cccc2c1NCCN2. The summed E-state index contributed by atoms with van der Waals surface area (Å²) >= 11 is 0. The Morgan fingerprint density at radius 3 is 2.82 bits per heavy atom. The molecule has 6 nitrogen and oxygen atoms in total. The summed E-state index contributed by atoms with van der Waals surface area (Å²) in [5, 5.41) is 8.82. The van der Waals surface area contributed by atoms with E-state index in [-0.39, 0.29) is 12.5 Å². The molecule has 5 N–H and O–H groups in total. The van der Waals surface area contributed by atoms with Crippen LogP contribution in [0, 0.1) is 0 Å². The Morgan fingerprint density at radius 1 is 1.29 bits per heavy atom. The van der Waals surface area contributed by atoms with Gasteiger partial charge in [0.1, 0.15) is 0 Å². The van der Waals surface area contributed by atoms with Gasteiger partial charge in [0.2, 0.25) is 5.91 Å². The maximum Gasteiger partial charge on any atom is 0.253 e. The van der Waals surface area contributed by atoms with Gasteiger partial charge in [-0.15, -0.1) is 0 Å². The lowest BCUT2D eigenvalue weighted by atomic mass is 10.1. The van der Waals surface area contributed by atoms with Crippen molar-refractivity contribution in [3.05, 3.63) is 23.8 Å². The molecule has 2 amide bonds. The van der Waals surface area contributed by atoms with Gasteiger partial charge in [0.25, 0.3) is 5.91 Å².